The Bertz CT molecular complexity index is 1190. The van der Waals surface area contributed by atoms with Gasteiger partial charge in [-0.25, -0.2) is 17.2 Å². The lowest BCUT2D eigenvalue weighted by atomic mass is 9.95. The summed E-state index contributed by atoms with van der Waals surface area (Å²) in [5, 5.41) is -0.536. The molecule has 162 valence electrons. The van der Waals surface area contributed by atoms with E-state index in [0.29, 0.717) is 36.4 Å². The number of carbonyl (C=O) groups is 1. The van der Waals surface area contributed by atoms with Crippen LogP contribution in [0.5, 0.6) is 0 Å². The first kappa shape index (κ1) is 21.6. The Labute approximate surface area is 186 Å². The molecule has 2 aliphatic heterocycles. The number of halogens is 3. The number of aromatic amines is 1. The summed E-state index contributed by atoms with van der Waals surface area (Å²) in [4.78, 5) is 17.3. The minimum Gasteiger partial charge on any atom is -0.341 e. The second kappa shape index (κ2) is 7.83. The SMILES string of the molecule is CS(=O)(=O)C1CCN(C(=O)Cc2[nH]c(=S)n3c2C[C@@H](c2c(F)ccc(Br)c2F)C3)C1. The summed E-state index contributed by atoms with van der Waals surface area (Å²) in [5.74, 6) is -1.85. The average molecular weight is 520 g/mol. The van der Waals surface area contributed by atoms with E-state index in [2.05, 4.69) is 20.9 Å². The molecule has 1 saturated heterocycles. The number of fused-ring (bicyclic) bond motifs is 1. The van der Waals surface area contributed by atoms with Crippen LogP contribution in [0.25, 0.3) is 0 Å². The number of amides is 1. The van der Waals surface area contributed by atoms with Gasteiger partial charge in [-0.2, -0.15) is 0 Å². The van der Waals surface area contributed by atoms with Crippen molar-refractivity contribution in [3.63, 3.8) is 0 Å². The molecule has 2 aliphatic rings. The largest absolute Gasteiger partial charge is 0.341 e. The summed E-state index contributed by atoms with van der Waals surface area (Å²) in [6.07, 6.45) is 2.01. The van der Waals surface area contributed by atoms with Gasteiger partial charge in [-0.15, -0.1) is 0 Å². The third kappa shape index (κ3) is 3.87. The van der Waals surface area contributed by atoms with Crippen LogP contribution in [0.3, 0.4) is 0 Å². The van der Waals surface area contributed by atoms with E-state index in [1.807, 2.05) is 0 Å². The van der Waals surface area contributed by atoms with Crippen LogP contribution in [0, 0.1) is 16.4 Å². The van der Waals surface area contributed by atoms with Gasteiger partial charge in [0.2, 0.25) is 5.91 Å². The van der Waals surface area contributed by atoms with Gasteiger partial charge in [-0.1, -0.05) is 0 Å². The highest BCUT2D eigenvalue weighted by Crippen LogP contribution is 2.36. The maximum Gasteiger partial charge on any atom is 0.228 e. The molecule has 1 aromatic heterocycles. The number of sulfone groups is 1. The van der Waals surface area contributed by atoms with Gasteiger partial charge in [-0.05, 0) is 53.1 Å². The summed E-state index contributed by atoms with van der Waals surface area (Å²) >= 11 is 8.46. The fourth-order valence-electron chi connectivity index (χ4n) is 4.32. The molecule has 1 fully saturated rings. The number of imidazole rings is 1. The van der Waals surface area contributed by atoms with E-state index in [4.69, 9.17) is 12.2 Å². The molecule has 1 N–H and O–H groups in total. The lowest BCUT2D eigenvalue weighted by molar-refractivity contribution is -0.129. The number of benzene rings is 1. The molecule has 0 saturated carbocycles. The molecule has 0 spiro atoms. The number of carbonyl (C=O) groups excluding carboxylic acids is 1. The van der Waals surface area contributed by atoms with Gasteiger partial charge < -0.3 is 14.5 Å². The van der Waals surface area contributed by atoms with Crippen molar-refractivity contribution in [1.82, 2.24) is 14.5 Å². The van der Waals surface area contributed by atoms with Crippen molar-refractivity contribution in [2.75, 3.05) is 19.3 Å². The first-order valence-electron chi connectivity index (χ1n) is 9.46. The number of nitrogens with zero attached hydrogens (tertiary/aromatic N) is 2. The maximum atomic E-state index is 14.6. The normalized spacial score (nSPS) is 21.3. The van der Waals surface area contributed by atoms with Crippen LogP contribution >= 0.6 is 28.1 Å². The Hall–Kier alpha value is -1.59. The van der Waals surface area contributed by atoms with E-state index in [0.717, 1.165) is 5.69 Å². The Kier molecular flexibility index (Phi) is 5.65. The fourth-order valence-corrected chi connectivity index (χ4v) is 5.96. The molecular formula is C19H20BrF2N3O3S2. The number of aromatic nitrogens is 2. The molecule has 0 bridgehead atoms. The van der Waals surface area contributed by atoms with Crippen molar-refractivity contribution < 1.29 is 22.0 Å². The van der Waals surface area contributed by atoms with Crippen LogP contribution in [0.1, 0.15) is 29.3 Å². The Morgan fingerprint density at radius 3 is 2.73 bits per heavy atom. The van der Waals surface area contributed by atoms with Gasteiger partial charge in [0, 0.05) is 48.8 Å². The van der Waals surface area contributed by atoms with Crippen molar-refractivity contribution in [1.29, 1.82) is 0 Å². The smallest absolute Gasteiger partial charge is 0.228 e. The Morgan fingerprint density at radius 2 is 2.07 bits per heavy atom. The summed E-state index contributed by atoms with van der Waals surface area (Å²) in [5.41, 5.74) is 1.39. The van der Waals surface area contributed by atoms with Crippen molar-refractivity contribution in [3.8, 4) is 0 Å². The quantitative estimate of drug-likeness (QED) is 0.497. The van der Waals surface area contributed by atoms with Crippen LogP contribution in [0.2, 0.25) is 0 Å². The minimum absolute atomic E-state index is 0.00953. The molecule has 11 heteroatoms. The zero-order chi connectivity index (χ0) is 21.8. The standard InChI is InChI=1S/C19H20BrF2N3O3S2/c1-30(27,28)11-4-5-24(9-11)16(26)7-14-15-6-10(8-25(15)19(29)23-14)17-13(21)3-2-12(20)18(17)22/h2-3,10-11H,4-9H2,1H3,(H,23,29)/t10-,11?/m1/s1. The van der Waals surface area contributed by atoms with Gasteiger partial charge in [0.05, 0.1) is 16.1 Å². The maximum absolute atomic E-state index is 14.6. The third-order valence-electron chi connectivity index (χ3n) is 5.94. The van der Waals surface area contributed by atoms with E-state index >= 15 is 0 Å². The predicted molar refractivity (Wildman–Crippen MR) is 114 cm³/mol. The predicted octanol–water partition coefficient (Wildman–Crippen LogP) is 3.11. The first-order valence-corrected chi connectivity index (χ1v) is 12.6. The second-order valence-corrected chi connectivity index (χ2v) is 11.4. The molecule has 6 nitrogen and oxygen atoms in total. The Morgan fingerprint density at radius 1 is 1.33 bits per heavy atom. The number of likely N-dealkylation sites (tertiary alicyclic amines) is 1. The average Bonchev–Trinajstić information content (AvgIpc) is 3.36. The highest BCUT2D eigenvalue weighted by Gasteiger charge is 2.35. The minimum atomic E-state index is -3.19. The Balaban J connectivity index is 1.54. The molecular weight excluding hydrogens is 500 g/mol. The summed E-state index contributed by atoms with van der Waals surface area (Å²) in [7, 11) is -3.19. The van der Waals surface area contributed by atoms with Crippen LogP contribution in [-0.2, 0) is 34.0 Å². The molecule has 0 aliphatic carbocycles. The molecule has 1 unspecified atom stereocenters. The molecule has 4 rings (SSSR count). The lowest BCUT2D eigenvalue weighted by Crippen LogP contribution is -2.32. The van der Waals surface area contributed by atoms with Crippen LogP contribution < -0.4 is 0 Å². The molecule has 2 aromatic rings. The van der Waals surface area contributed by atoms with Gasteiger partial charge in [-0.3, -0.25) is 4.79 Å². The van der Waals surface area contributed by atoms with Gasteiger partial charge in [0.25, 0.3) is 0 Å². The van der Waals surface area contributed by atoms with Crippen LogP contribution in [-0.4, -0.2) is 53.4 Å². The molecule has 0 radical (unpaired) electrons. The zero-order valence-electron chi connectivity index (χ0n) is 16.1. The van der Waals surface area contributed by atoms with Crippen LogP contribution in [0.15, 0.2) is 16.6 Å². The van der Waals surface area contributed by atoms with Crippen molar-refractivity contribution in [2.24, 2.45) is 0 Å². The molecule has 1 aromatic carbocycles. The monoisotopic (exact) mass is 519 g/mol. The number of hydrogen-bond donors (Lipinski definition) is 1. The van der Waals surface area contributed by atoms with Gasteiger partial charge in [0.15, 0.2) is 14.6 Å². The number of nitrogens with one attached hydrogen (secondary N) is 1. The highest BCUT2D eigenvalue weighted by atomic mass is 79.9. The molecule has 3 heterocycles. The van der Waals surface area contributed by atoms with Crippen molar-refractivity contribution >= 4 is 43.9 Å². The highest BCUT2D eigenvalue weighted by molar-refractivity contribution is 9.10. The van der Waals surface area contributed by atoms with Crippen molar-refractivity contribution in [2.45, 2.75) is 37.0 Å². The van der Waals surface area contributed by atoms with Gasteiger partial charge in [0.1, 0.15) is 11.6 Å². The number of rotatable bonds is 4. The van der Waals surface area contributed by atoms with E-state index in [-0.39, 0.29) is 28.9 Å². The first-order chi connectivity index (χ1) is 14.1. The zero-order valence-corrected chi connectivity index (χ0v) is 19.3. The van der Waals surface area contributed by atoms with Gasteiger partial charge >= 0.3 is 0 Å². The molecule has 1 amide bonds. The molecule has 30 heavy (non-hydrogen) atoms. The number of H-pyrrole nitrogens is 1. The fraction of sp³-hybridized carbons (Fsp3) is 0.474. The molecule has 2 atom stereocenters. The summed E-state index contributed by atoms with van der Waals surface area (Å²) in [6.45, 7) is 0.902. The van der Waals surface area contributed by atoms with E-state index in [1.54, 1.807) is 9.47 Å². The topological polar surface area (TPSA) is 75.2 Å². The lowest BCUT2D eigenvalue weighted by Gasteiger charge is -2.16. The number of hydrogen-bond acceptors (Lipinski definition) is 4. The summed E-state index contributed by atoms with van der Waals surface area (Å²) in [6, 6.07) is 2.56. The van der Waals surface area contributed by atoms with E-state index in [9.17, 15) is 22.0 Å². The van der Waals surface area contributed by atoms with Crippen LogP contribution in [0.4, 0.5) is 8.78 Å². The second-order valence-electron chi connectivity index (χ2n) is 7.88. The van der Waals surface area contributed by atoms with E-state index in [1.165, 1.54) is 18.4 Å². The van der Waals surface area contributed by atoms with E-state index < -0.39 is 32.6 Å². The third-order valence-corrected chi connectivity index (χ3v) is 8.47. The van der Waals surface area contributed by atoms with Crippen molar-refractivity contribution in [3.05, 3.63) is 50.0 Å². The summed E-state index contributed by atoms with van der Waals surface area (Å²) < 4.78 is 54.8.